The van der Waals surface area contributed by atoms with Crippen molar-refractivity contribution in [3.63, 3.8) is 0 Å². The minimum absolute atomic E-state index is 0.138. The fourth-order valence-corrected chi connectivity index (χ4v) is 2.84. The molecule has 2 unspecified atom stereocenters. The molecule has 0 aliphatic carbocycles. The summed E-state index contributed by atoms with van der Waals surface area (Å²) in [6.45, 7) is 5.57. The molecule has 0 aromatic heterocycles. The second kappa shape index (κ2) is 7.23. The Hall–Kier alpha value is -1.87. The molecule has 0 spiro atoms. The van der Waals surface area contributed by atoms with Crippen LogP contribution in [-0.2, 0) is 0 Å². The van der Waals surface area contributed by atoms with Crippen LogP contribution in [0.5, 0.6) is 0 Å². The summed E-state index contributed by atoms with van der Waals surface area (Å²) in [6.07, 6.45) is 0. The average Bonchev–Trinajstić information content (AvgIpc) is 2.52. The zero-order valence-corrected chi connectivity index (χ0v) is 12.7. The summed E-state index contributed by atoms with van der Waals surface area (Å²) >= 11 is 0. The zero-order valence-electron chi connectivity index (χ0n) is 12.7. The summed E-state index contributed by atoms with van der Waals surface area (Å²) in [6, 6.07) is 17.2. The van der Waals surface area contributed by atoms with Crippen LogP contribution in [-0.4, -0.2) is 19.1 Å². The smallest absolute Gasteiger partial charge is 0.125 e. The van der Waals surface area contributed by atoms with E-state index in [9.17, 15) is 4.39 Å². The van der Waals surface area contributed by atoms with Crippen LogP contribution in [0.15, 0.2) is 54.6 Å². The van der Waals surface area contributed by atoms with Crippen molar-refractivity contribution in [2.45, 2.75) is 25.8 Å². The van der Waals surface area contributed by atoms with Gasteiger partial charge in [0.25, 0.3) is 0 Å². The third kappa shape index (κ3) is 3.61. The first-order valence-corrected chi connectivity index (χ1v) is 7.44. The number of nitrogens with zero attached hydrogens (tertiary/aromatic N) is 1. The number of likely N-dealkylation sites (N-methyl/N-ethyl adjacent to an activating group) is 1. The maximum absolute atomic E-state index is 13.5. The standard InChI is InChI=1S/C18H23FN2/c1-3-21(17-11-7-10-16(19)12-17)18(13-20)14(2)15-8-5-4-6-9-15/h4-12,14,18H,3,13,20H2,1-2H3. The molecule has 21 heavy (non-hydrogen) atoms. The SMILES string of the molecule is CCN(c1cccc(F)c1)C(CN)C(C)c1ccccc1. The molecule has 0 saturated heterocycles. The Labute approximate surface area is 126 Å². The van der Waals surface area contributed by atoms with Gasteiger partial charge >= 0.3 is 0 Å². The van der Waals surface area contributed by atoms with Gasteiger partial charge in [0.2, 0.25) is 0 Å². The third-order valence-electron chi connectivity index (χ3n) is 4.02. The molecule has 0 radical (unpaired) electrons. The van der Waals surface area contributed by atoms with Gasteiger partial charge in [0, 0.05) is 30.7 Å². The Morgan fingerprint density at radius 1 is 1.10 bits per heavy atom. The van der Waals surface area contributed by atoms with E-state index in [0.29, 0.717) is 6.54 Å². The summed E-state index contributed by atoms with van der Waals surface area (Å²) in [5.74, 6) is 0.0634. The zero-order chi connectivity index (χ0) is 15.2. The van der Waals surface area contributed by atoms with Gasteiger partial charge in [-0.15, -0.1) is 0 Å². The lowest BCUT2D eigenvalue weighted by molar-refractivity contribution is 0.526. The lowest BCUT2D eigenvalue weighted by Crippen LogP contribution is -2.44. The van der Waals surface area contributed by atoms with E-state index >= 15 is 0 Å². The van der Waals surface area contributed by atoms with E-state index in [0.717, 1.165) is 12.2 Å². The highest BCUT2D eigenvalue weighted by molar-refractivity contribution is 5.48. The van der Waals surface area contributed by atoms with Crippen molar-refractivity contribution in [2.24, 2.45) is 5.73 Å². The summed E-state index contributed by atoms with van der Waals surface area (Å²) in [5.41, 5.74) is 8.17. The lowest BCUT2D eigenvalue weighted by atomic mass is 9.91. The molecular formula is C18H23FN2. The van der Waals surface area contributed by atoms with Gasteiger partial charge in [0.15, 0.2) is 0 Å². The van der Waals surface area contributed by atoms with Gasteiger partial charge in [-0.05, 0) is 30.7 Å². The summed E-state index contributed by atoms with van der Waals surface area (Å²) in [5, 5.41) is 0. The third-order valence-corrected chi connectivity index (χ3v) is 4.02. The molecule has 0 heterocycles. The van der Waals surface area contributed by atoms with Crippen LogP contribution in [0.4, 0.5) is 10.1 Å². The van der Waals surface area contributed by atoms with Crippen molar-refractivity contribution in [3.05, 3.63) is 66.0 Å². The predicted octanol–water partition coefficient (Wildman–Crippen LogP) is 3.78. The predicted molar refractivity (Wildman–Crippen MR) is 87.1 cm³/mol. The van der Waals surface area contributed by atoms with Gasteiger partial charge in [-0.3, -0.25) is 0 Å². The fraction of sp³-hybridized carbons (Fsp3) is 0.333. The first kappa shape index (κ1) is 15.5. The van der Waals surface area contributed by atoms with E-state index in [1.807, 2.05) is 24.3 Å². The number of halogens is 1. The van der Waals surface area contributed by atoms with Crippen LogP contribution in [0.1, 0.15) is 25.3 Å². The highest BCUT2D eigenvalue weighted by Gasteiger charge is 2.24. The van der Waals surface area contributed by atoms with Gasteiger partial charge in [-0.25, -0.2) is 4.39 Å². The number of hydrogen-bond donors (Lipinski definition) is 1. The van der Waals surface area contributed by atoms with Crippen LogP contribution in [0.2, 0.25) is 0 Å². The van der Waals surface area contributed by atoms with Crippen molar-refractivity contribution in [2.75, 3.05) is 18.0 Å². The molecular weight excluding hydrogens is 263 g/mol. The molecule has 112 valence electrons. The Kier molecular flexibility index (Phi) is 5.34. The van der Waals surface area contributed by atoms with E-state index < -0.39 is 0 Å². The Morgan fingerprint density at radius 2 is 1.81 bits per heavy atom. The molecule has 2 N–H and O–H groups in total. The average molecular weight is 286 g/mol. The van der Waals surface area contributed by atoms with Crippen LogP contribution >= 0.6 is 0 Å². The summed E-state index contributed by atoms with van der Waals surface area (Å²) < 4.78 is 13.5. The van der Waals surface area contributed by atoms with Gasteiger partial charge in [0.05, 0.1) is 0 Å². The molecule has 0 aliphatic rings. The normalized spacial score (nSPS) is 13.7. The fourth-order valence-electron chi connectivity index (χ4n) is 2.84. The number of benzene rings is 2. The van der Waals surface area contributed by atoms with Gasteiger partial charge in [0.1, 0.15) is 5.82 Å². The number of anilines is 1. The molecule has 2 aromatic carbocycles. The Morgan fingerprint density at radius 3 is 2.38 bits per heavy atom. The molecule has 3 heteroatoms. The molecule has 2 aromatic rings. The van der Waals surface area contributed by atoms with Crippen molar-refractivity contribution in [3.8, 4) is 0 Å². The van der Waals surface area contributed by atoms with E-state index in [1.54, 1.807) is 12.1 Å². The van der Waals surface area contributed by atoms with Crippen molar-refractivity contribution in [1.82, 2.24) is 0 Å². The van der Waals surface area contributed by atoms with Gasteiger partial charge < -0.3 is 10.6 Å². The number of hydrogen-bond acceptors (Lipinski definition) is 2. The Balaban J connectivity index is 2.29. The van der Waals surface area contributed by atoms with E-state index in [1.165, 1.54) is 11.6 Å². The molecule has 0 fully saturated rings. The van der Waals surface area contributed by atoms with Gasteiger partial charge in [-0.2, -0.15) is 0 Å². The van der Waals surface area contributed by atoms with E-state index in [-0.39, 0.29) is 17.8 Å². The van der Waals surface area contributed by atoms with E-state index in [4.69, 9.17) is 5.73 Å². The van der Waals surface area contributed by atoms with Crippen LogP contribution < -0.4 is 10.6 Å². The van der Waals surface area contributed by atoms with E-state index in [2.05, 4.69) is 30.9 Å². The first-order chi connectivity index (χ1) is 10.2. The topological polar surface area (TPSA) is 29.3 Å². The van der Waals surface area contributed by atoms with Crippen molar-refractivity contribution < 1.29 is 4.39 Å². The minimum atomic E-state index is -0.214. The number of nitrogens with two attached hydrogens (primary N) is 1. The van der Waals surface area contributed by atoms with Crippen molar-refractivity contribution in [1.29, 1.82) is 0 Å². The second-order valence-corrected chi connectivity index (χ2v) is 5.27. The van der Waals surface area contributed by atoms with Crippen molar-refractivity contribution >= 4 is 5.69 Å². The summed E-state index contributed by atoms with van der Waals surface area (Å²) in [4.78, 5) is 2.18. The van der Waals surface area contributed by atoms with Gasteiger partial charge in [-0.1, -0.05) is 43.3 Å². The molecule has 0 bridgehead atoms. The lowest BCUT2D eigenvalue weighted by Gasteiger charge is -2.36. The highest BCUT2D eigenvalue weighted by atomic mass is 19.1. The molecule has 2 atom stereocenters. The number of rotatable bonds is 6. The quantitative estimate of drug-likeness (QED) is 0.875. The molecule has 0 aliphatic heterocycles. The largest absolute Gasteiger partial charge is 0.367 e. The summed E-state index contributed by atoms with van der Waals surface area (Å²) in [7, 11) is 0. The maximum Gasteiger partial charge on any atom is 0.125 e. The van der Waals surface area contributed by atoms with Crippen LogP contribution in [0.3, 0.4) is 0 Å². The Bertz CT molecular complexity index is 556. The molecule has 0 saturated carbocycles. The van der Waals surface area contributed by atoms with Crippen LogP contribution in [0.25, 0.3) is 0 Å². The maximum atomic E-state index is 13.5. The first-order valence-electron chi connectivity index (χ1n) is 7.44. The monoisotopic (exact) mass is 286 g/mol. The highest BCUT2D eigenvalue weighted by Crippen LogP contribution is 2.27. The molecule has 0 amide bonds. The van der Waals surface area contributed by atoms with Crippen LogP contribution in [0, 0.1) is 5.82 Å². The molecule has 2 rings (SSSR count). The second-order valence-electron chi connectivity index (χ2n) is 5.27. The minimum Gasteiger partial charge on any atom is -0.367 e. The molecule has 2 nitrogen and oxygen atoms in total.